The van der Waals surface area contributed by atoms with Crippen molar-refractivity contribution in [1.82, 2.24) is 4.98 Å². The maximum Gasteiger partial charge on any atom is 0.340 e. The third kappa shape index (κ3) is 12.7. The molecule has 30 heteroatoms. The summed E-state index contributed by atoms with van der Waals surface area (Å²) in [6.45, 7) is 5.10. The minimum absolute atomic E-state index is 0.0122. The zero-order valence-electron chi connectivity index (χ0n) is 46.9. The summed E-state index contributed by atoms with van der Waals surface area (Å²) >= 11 is 0. The van der Waals surface area contributed by atoms with E-state index in [-0.39, 0.29) is 40.7 Å². The number of rotatable bonds is 18. The summed E-state index contributed by atoms with van der Waals surface area (Å²) in [6.07, 6.45) is -20.6. The van der Waals surface area contributed by atoms with Crippen LogP contribution in [0.1, 0.15) is 42.6 Å². The molecule has 12 N–H and O–H groups in total. The van der Waals surface area contributed by atoms with Crippen LogP contribution in [0.2, 0.25) is 0 Å². The largest absolute Gasteiger partial charge is 0.472 e. The topological polar surface area (TPSA) is 444 Å². The van der Waals surface area contributed by atoms with Crippen LogP contribution in [0, 0.1) is 47.3 Å². The molecule has 1 aromatic heterocycles. The smallest absolute Gasteiger partial charge is 0.340 e. The highest BCUT2D eigenvalue weighted by molar-refractivity contribution is 5.92. The lowest BCUT2D eigenvalue weighted by Crippen LogP contribution is -2.60. The predicted molar refractivity (Wildman–Crippen MR) is 279 cm³/mol. The third-order valence-corrected chi connectivity index (χ3v) is 17.5. The van der Waals surface area contributed by atoms with Crippen molar-refractivity contribution in [3.8, 4) is 0 Å². The number of nitrogens with zero attached hydrogens (tertiary/aromatic N) is 1. The van der Waals surface area contributed by atoms with Crippen LogP contribution < -0.4 is 0 Å². The van der Waals surface area contributed by atoms with E-state index in [9.17, 15) is 80.5 Å². The van der Waals surface area contributed by atoms with Gasteiger partial charge in [-0.1, -0.05) is 32.1 Å². The van der Waals surface area contributed by atoms with Crippen LogP contribution in [0.4, 0.5) is 0 Å². The number of pyridine rings is 1. The number of aliphatic hydroxyl groups is 12. The summed E-state index contributed by atoms with van der Waals surface area (Å²) in [4.78, 5) is 59.3. The molecule has 2 aliphatic carbocycles. The first-order chi connectivity index (χ1) is 41.1. The number of carbonyl (C=O) groups excluding carboxylic acids is 4. The molecule has 6 aliphatic heterocycles. The van der Waals surface area contributed by atoms with E-state index in [1.165, 1.54) is 43.8 Å². The van der Waals surface area contributed by atoms with Crippen molar-refractivity contribution in [2.45, 2.75) is 150 Å². The molecule has 0 amide bonds. The second-order valence-corrected chi connectivity index (χ2v) is 22.4. The van der Waals surface area contributed by atoms with Gasteiger partial charge >= 0.3 is 23.9 Å². The minimum atomic E-state index is -1.86. The van der Waals surface area contributed by atoms with E-state index in [1.54, 1.807) is 13.8 Å². The van der Waals surface area contributed by atoms with Crippen LogP contribution >= 0.6 is 0 Å². The molecule has 0 aromatic carbocycles. The van der Waals surface area contributed by atoms with Crippen LogP contribution in [-0.4, -0.2) is 247 Å². The van der Waals surface area contributed by atoms with Crippen LogP contribution in [-0.2, 0) is 76.0 Å². The Kier molecular flexibility index (Phi) is 20.7. The first kappa shape index (κ1) is 64.9. The van der Waals surface area contributed by atoms with E-state index in [0.29, 0.717) is 0 Å². The normalized spacial score (nSPS) is 42.9. The van der Waals surface area contributed by atoms with Crippen molar-refractivity contribution in [2.24, 2.45) is 47.3 Å². The molecule has 0 spiro atoms. The van der Waals surface area contributed by atoms with E-state index >= 15 is 0 Å². The molecular formula is C56H73NO29. The van der Waals surface area contributed by atoms with Gasteiger partial charge in [-0.2, -0.15) is 0 Å². The fourth-order valence-electron chi connectivity index (χ4n) is 12.5. The molecule has 9 rings (SSSR count). The summed E-state index contributed by atoms with van der Waals surface area (Å²) in [5.74, 6) is -9.90. The minimum Gasteiger partial charge on any atom is -0.472 e. The number of fused-ring (bicyclic) bond motifs is 2. The van der Waals surface area contributed by atoms with E-state index in [1.807, 2.05) is 0 Å². The van der Waals surface area contributed by atoms with Crippen LogP contribution in [0.3, 0.4) is 0 Å². The molecule has 0 radical (unpaired) electrons. The highest BCUT2D eigenvalue weighted by Crippen LogP contribution is 2.51. The van der Waals surface area contributed by atoms with Gasteiger partial charge in [0, 0.05) is 53.8 Å². The maximum absolute atomic E-state index is 14.7. The Bertz CT molecular complexity index is 2720. The SMILES string of the molecule is C=CC1C(OC2OC(CO)C(O)C(O)C2O)OC=C(C(=O)OC2CC3C(C(=O)OC)=COC(OC4OC(CO)C(O)C(O)C4O)C3C2C)C1C=Cc1cncc(C(=O)OC2CC3C(C(=O)OC)=COC(OC4OC(CO)C(O)C(O)C4O)C3C2C)c1. The van der Waals surface area contributed by atoms with Crippen molar-refractivity contribution in [1.29, 1.82) is 0 Å². The van der Waals surface area contributed by atoms with Gasteiger partial charge in [0.2, 0.25) is 18.9 Å². The molecule has 28 unspecified atom stereocenters. The van der Waals surface area contributed by atoms with Gasteiger partial charge in [-0.3, -0.25) is 4.98 Å². The fourth-order valence-corrected chi connectivity index (χ4v) is 12.5. The lowest BCUT2D eigenvalue weighted by atomic mass is 9.83. The highest BCUT2D eigenvalue weighted by Gasteiger charge is 2.58. The monoisotopic (exact) mass is 1220 g/mol. The van der Waals surface area contributed by atoms with Crippen LogP contribution in [0.15, 0.2) is 72.7 Å². The van der Waals surface area contributed by atoms with Crippen molar-refractivity contribution in [3.05, 3.63) is 83.8 Å². The predicted octanol–water partition coefficient (Wildman–Crippen LogP) is -3.99. The van der Waals surface area contributed by atoms with Gasteiger partial charge in [0.05, 0.1) is 81.0 Å². The van der Waals surface area contributed by atoms with Gasteiger partial charge in [-0.15, -0.1) is 6.58 Å². The third-order valence-electron chi connectivity index (χ3n) is 17.5. The van der Waals surface area contributed by atoms with Crippen LogP contribution in [0.25, 0.3) is 6.08 Å². The maximum atomic E-state index is 14.7. The van der Waals surface area contributed by atoms with Crippen molar-refractivity contribution in [2.75, 3.05) is 34.0 Å². The number of hydrogen-bond donors (Lipinski definition) is 12. The second kappa shape index (κ2) is 27.4. The number of ether oxygens (including phenoxy) is 13. The first-order valence-electron chi connectivity index (χ1n) is 27.9. The quantitative estimate of drug-likeness (QED) is 0.0379. The van der Waals surface area contributed by atoms with E-state index < -0.39 is 214 Å². The number of aliphatic hydroxyl groups excluding tert-OH is 12. The molecule has 8 aliphatic rings. The molecule has 28 atom stereocenters. The summed E-state index contributed by atoms with van der Waals surface area (Å²) < 4.78 is 74.8. The zero-order valence-corrected chi connectivity index (χ0v) is 46.9. The van der Waals surface area contributed by atoms with Crippen molar-refractivity contribution >= 4 is 30.0 Å². The number of aromatic nitrogens is 1. The van der Waals surface area contributed by atoms with Gasteiger partial charge in [0.1, 0.15) is 85.5 Å². The fraction of sp³-hybridized carbons (Fsp3) is 0.661. The molecule has 30 nitrogen and oxygen atoms in total. The summed E-state index contributed by atoms with van der Waals surface area (Å²) in [7, 11) is 2.33. The number of esters is 4. The molecule has 86 heavy (non-hydrogen) atoms. The number of hydrogen-bond acceptors (Lipinski definition) is 30. The molecule has 0 bridgehead atoms. The average molecular weight is 1220 g/mol. The molecule has 7 heterocycles. The van der Waals surface area contributed by atoms with Gasteiger partial charge in [0.25, 0.3) is 0 Å². The average Bonchev–Trinajstić information content (AvgIpc) is 1.68. The highest BCUT2D eigenvalue weighted by atomic mass is 16.8. The zero-order chi connectivity index (χ0) is 62.2. The molecule has 2 saturated carbocycles. The summed E-state index contributed by atoms with van der Waals surface area (Å²) in [5.41, 5.74) is 0.233. The Morgan fingerprint density at radius 3 is 1.37 bits per heavy atom. The van der Waals surface area contributed by atoms with Gasteiger partial charge in [-0.05, 0) is 24.5 Å². The van der Waals surface area contributed by atoms with Crippen molar-refractivity contribution < 1.29 is 142 Å². The standard InChI is InChI=1S/C56H73NO29/c1-6-24-25(8-7-22-9-23(13-57-12-22)47(70)79-31-10-26-29(48(71)74-4)18-77-52(36(26)20(31)2)85-55-45(68)42(65)39(62)34(15-59)82-55)28(17-76-51(24)84-54-44(67)41(64)38(61)33(14-58)81-54)50(73)80-32-11-27-30(49(72)75-5)19-78-53(37(27)21(32)3)86-56-46(69)43(66)40(63)35(16-60)83-56/h6-9,12-13,17-21,24-27,31-46,51-56,58-69H,1,10-11,14-16H2,2-5H3. The Hall–Kier alpha value is -5.59. The molecule has 476 valence electrons. The number of methoxy groups -OCH3 is 2. The summed E-state index contributed by atoms with van der Waals surface area (Å²) in [6, 6.07) is 1.43. The molecular weight excluding hydrogens is 1150 g/mol. The lowest BCUT2D eigenvalue weighted by molar-refractivity contribution is -0.342. The Morgan fingerprint density at radius 2 is 0.953 bits per heavy atom. The summed E-state index contributed by atoms with van der Waals surface area (Å²) in [5, 5.41) is 125. The van der Waals surface area contributed by atoms with Crippen LogP contribution in [0.5, 0.6) is 0 Å². The van der Waals surface area contributed by atoms with Crippen molar-refractivity contribution in [3.63, 3.8) is 0 Å². The number of allylic oxidation sites excluding steroid dienone is 1. The Morgan fingerprint density at radius 1 is 0.547 bits per heavy atom. The Balaban J connectivity index is 0.954. The van der Waals surface area contributed by atoms with Gasteiger partial charge in [-0.25, -0.2) is 19.2 Å². The molecule has 3 saturated heterocycles. The molecule has 1 aromatic rings. The van der Waals surface area contributed by atoms with E-state index in [2.05, 4.69) is 11.6 Å². The number of carbonyl (C=O) groups is 4. The van der Waals surface area contributed by atoms with E-state index in [0.717, 1.165) is 25.9 Å². The Labute approximate surface area is 490 Å². The molecule has 5 fully saturated rings. The van der Waals surface area contributed by atoms with E-state index in [4.69, 9.17) is 61.6 Å². The second-order valence-electron chi connectivity index (χ2n) is 22.4. The van der Waals surface area contributed by atoms with Gasteiger partial charge in [0.15, 0.2) is 18.9 Å². The van der Waals surface area contributed by atoms with Gasteiger partial charge < -0.3 is 123 Å². The first-order valence-corrected chi connectivity index (χ1v) is 27.9. The lowest BCUT2D eigenvalue weighted by Gasteiger charge is -2.43.